The Labute approximate surface area is 95.8 Å². The number of rotatable bonds is 3. The van der Waals surface area contributed by atoms with Gasteiger partial charge in [0.1, 0.15) is 6.04 Å². The number of carbonyl (C=O) groups excluding carboxylic acids is 2. The molecule has 1 saturated heterocycles. The van der Waals surface area contributed by atoms with Crippen molar-refractivity contribution in [2.45, 2.75) is 32.0 Å². The molecule has 0 aliphatic carbocycles. The van der Waals surface area contributed by atoms with Crippen LogP contribution in [0, 0.1) is 0 Å². The summed E-state index contributed by atoms with van der Waals surface area (Å²) >= 11 is 0. The average molecular weight is 254 g/mol. The van der Waals surface area contributed by atoms with Crippen molar-refractivity contribution >= 4 is 11.9 Å². The highest BCUT2D eigenvalue weighted by Gasteiger charge is 2.45. The largest absolute Gasteiger partial charge is 0.492 e. The number of hydroxylamine groups is 2. The molecule has 0 radical (unpaired) electrons. The highest BCUT2D eigenvalue weighted by Crippen LogP contribution is 2.22. The number of hydrogen-bond acceptors (Lipinski definition) is 4. The number of nitrogens with one attached hydrogen (secondary N) is 1. The van der Waals surface area contributed by atoms with Crippen molar-refractivity contribution in [3.05, 3.63) is 0 Å². The van der Waals surface area contributed by atoms with Crippen LogP contribution in [0.25, 0.3) is 0 Å². The van der Waals surface area contributed by atoms with Gasteiger partial charge in [0, 0.05) is 13.1 Å². The van der Waals surface area contributed by atoms with E-state index < -0.39 is 24.1 Å². The molecular formula is C9H13F3N2O3. The lowest BCUT2D eigenvalue weighted by molar-refractivity contribution is -0.240. The Bertz CT molecular complexity index is 306. The molecule has 1 aliphatic heterocycles. The molecule has 1 aliphatic rings. The molecule has 1 N–H and O–H groups in total. The highest BCUT2D eigenvalue weighted by molar-refractivity contribution is 5.82. The first-order valence-corrected chi connectivity index (χ1v) is 5.19. The summed E-state index contributed by atoms with van der Waals surface area (Å²) in [6.07, 6.45) is -4.17. The lowest BCUT2D eigenvalue weighted by atomic mass is 10.2. The van der Waals surface area contributed by atoms with Crippen LogP contribution >= 0.6 is 0 Å². The number of hydrogen-bond donors (Lipinski definition) is 1. The average Bonchev–Trinajstić information content (AvgIpc) is 2.64. The normalized spacial score (nSPS) is 21.3. The summed E-state index contributed by atoms with van der Waals surface area (Å²) in [4.78, 5) is 26.3. The standard InChI is InChI=1S/C9H13F3N2O3/c1-2-13-7(15)6-4-3-5-14(6)17-8(16)9(10,11)12/h6H,2-5H2,1H3,(H,13,15)/t6-/m0/s1. The van der Waals surface area contributed by atoms with Gasteiger partial charge >= 0.3 is 12.1 Å². The summed E-state index contributed by atoms with van der Waals surface area (Å²) in [7, 11) is 0. The fraction of sp³-hybridized carbons (Fsp3) is 0.778. The van der Waals surface area contributed by atoms with Crippen LogP contribution in [0.2, 0.25) is 0 Å². The molecule has 17 heavy (non-hydrogen) atoms. The molecule has 1 heterocycles. The van der Waals surface area contributed by atoms with Gasteiger partial charge in [0.2, 0.25) is 5.91 Å². The van der Waals surface area contributed by atoms with Crippen LogP contribution in [-0.4, -0.2) is 42.2 Å². The molecule has 0 unspecified atom stereocenters. The van der Waals surface area contributed by atoms with Gasteiger partial charge < -0.3 is 10.2 Å². The summed E-state index contributed by atoms with van der Waals surface area (Å²) in [5, 5.41) is 3.27. The van der Waals surface area contributed by atoms with E-state index in [-0.39, 0.29) is 6.54 Å². The van der Waals surface area contributed by atoms with Gasteiger partial charge in [-0.3, -0.25) is 4.79 Å². The van der Waals surface area contributed by atoms with Crippen molar-refractivity contribution < 1.29 is 27.6 Å². The third-order valence-corrected chi connectivity index (χ3v) is 2.29. The number of halogens is 3. The van der Waals surface area contributed by atoms with E-state index in [0.29, 0.717) is 19.4 Å². The van der Waals surface area contributed by atoms with E-state index in [0.717, 1.165) is 5.06 Å². The van der Waals surface area contributed by atoms with Gasteiger partial charge in [0.25, 0.3) is 0 Å². The number of amides is 1. The Morgan fingerprint density at radius 2 is 2.12 bits per heavy atom. The first-order valence-electron chi connectivity index (χ1n) is 5.19. The summed E-state index contributed by atoms with van der Waals surface area (Å²) in [6.45, 7) is 2.19. The zero-order chi connectivity index (χ0) is 13.1. The zero-order valence-corrected chi connectivity index (χ0v) is 9.21. The third kappa shape index (κ3) is 3.58. The maximum absolute atomic E-state index is 12.0. The van der Waals surface area contributed by atoms with Crippen LogP contribution in [-0.2, 0) is 14.4 Å². The Hall–Kier alpha value is -1.31. The Morgan fingerprint density at radius 1 is 1.47 bits per heavy atom. The van der Waals surface area contributed by atoms with Gasteiger partial charge in [-0.15, -0.1) is 5.06 Å². The second kappa shape index (κ2) is 5.35. The van der Waals surface area contributed by atoms with Gasteiger partial charge in [-0.25, -0.2) is 4.79 Å². The molecule has 0 bridgehead atoms. The SMILES string of the molecule is CCNC(=O)[C@@H]1CCCN1OC(=O)C(F)(F)F. The van der Waals surface area contributed by atoms with Gasteiger partial charge in [-0.05, 0) is 19.8 Å². The first-order chi connectivity index (χ1) is 7.86. The minimum Gasteiger partial charge on any atom is -0.360 e. The van der Waals surface area contributed by atoms with Crippen molar-refractivity contribution in [3.63, 3.8) is 0 Å². The maximum atomic E-state index is 12.0. The van der Waals surface area contributed by atoms with Crippen molar-refractivity contribution in [1.29, 1.82) is 0 Å². The Kier molecular flexibility index (Phi) is 4.33. The Balaban J connectivity index is 2.58. The van der Waals surface area contributed by atoms with E-state index in [1.165, 1.54) is 0 Å². The monoisotopic (exact) mass is 254 g/mol. The molecule has 1 atom stereocenters. The lowest BCUT2D eigenvalue weighted by Gasteiger charge is -2.22. The van der Waals surface area contributed by atoms with E-state index in [1.807, 2.05) is 0 Å². The topological polar surface area (TPSA) is 58.6 Å². The van der Waals surface area contributed by atoms with E-state index >= 15 is 0 Å². The summed E-state index contributed by atoms with van der Waals surface area (Å²) in [5.74, 6) is -2.73. The van der Waals surface area contributed by atoms with Crippen molar-refractivity contribution in [2.75, 3.05) is 13.1 Å². The summed E-state index contributed by atoms with van der Waals surface area (Å²) in [6, 6.07) is -0.832. The van der Waals surface area contributed by atoms with Crippen molar-refractivity contribution in [3.8, 4) is 0 Å². The van der Waals surface area contributed by atoms with Crippen LogP contribution in [0.15, 0.2) is 0 Å². The van der Waals surface area contributed by atoms with E-state index in [9.17, 15) is 22.8 Å². The van der Waals surface area contributed by atoms with Gasteiger partial charge in [0.15, 0.2) is 0 Å². The minimum absolute atomic E-state index is 0.129. The number of nitrogens with zero attached hydrogens (tertiary/aromatic N) is 1. The minimum atomic E-state index is -5.05. The number of alkyl halides is 3. The van der Waals surface area contributed by atoms with Crippen LogP contribution in [0.5, 0.6) is 0 Å². The van der Waals surface area contributed by atoms with Crippen LogP contribution in [0.3, 0.4) is 0 Å². The highest BCUT2D eigenvalue weighted by atomic mass is 19.4. The Morgan fingerprint density at radius 3 is 2.65 bits per heavy atom. The summed E-state index contributed by atoms with van der Waals surface area (Å²) < 4.78 is 35.9. The smallest absolute Gasteiger partial charge is 0.360 e. The molecule has 0 spiro atoms. The molecule has 0 aromatic rings. The quantitative estimate of drug-likeness (QED) is 0.801. The van der Waals surface area contributed by atoms with E-state index in [2.05, 4.69) is 10.2 Å². The van der Waals surface area contributed by atoms with Gasteiger partial charge in [0.05, 0.1) is 0 Å². The molecule has 1 fully saturated rings. The van der Waals surface area contributed by atoms with E-state index in [4.69, 9.17) is 0 Å². The molecule has 98 valence electrons. The fourth-order valence-corrected chi connectivity index (χ4v) is 1.56. The number of likely N-dealkylation sites (N-methyl/N-ethyl adjacent to an activating group) is 1. The van der Waals surface area contributed by atoms with Crippen LogP contribution < -0.4 is 5.32 Å². The molecular weight excluding hydrogens is 241 g/mol. The van der Waals surface area contributed by atoms with Crippen LogP contribution in [0.4, 0.5) is 13.2 Å². The molecule has 0 saturated carbocycles. The molecule has 8 heteroatoms. The van der Waals surface area contributed by atoms with E-state index in [1.54, 1.807) is 6.92 Å². The predicted octanol–water partition coefficient (Wildman–Crippen LogP) is 0.607. The van der Waals surface area contributed by atoms with Crippen molar-refractivity contribution in [2.24, 2.45) is 0 Å². The van der Waals surface area contributed by atoms with Crippen LogP contribution in [0.1, 0.15) is 19.8 Å². The third-order valence-electron chi connectivity index (χ3n) is 2.29. The number of carbonyl (C=O) groups is 2. The lowest BCUT2D eigenvalue weighted by Crippen LogP contribution is -2.45. The molecule has 1 rings (SSSR count). The fourth-order valence-electron chi connectivity index (χ4n) is 1.56. The molecule has 0 aromatic carbocycles. The molecule has 0 aromatic heterocycles. The maximum Gasteiger partial charge on any atom is 0.492 e. The van der Waals surface area contributed by atoms with Gasteiger partial charge in [-0.1, -0.05) is 0 Å². The molecule has 1 amide bonds. The second-order valence-electron chi connectivity index (χ2n) is 3.57. The predicted molar refractivity (Wildman–Crippen MR) is 50.6 cm³/mol. The second-order valence-corrected chi connectivity index (χ2v) is 3.57. The molecule has 5 nitrogen and oxygen atoms in total. The zero-order valence-electron chi connectivity index (χ0n) is 9.21. The van der Waals surface area contributed by atoms with Gasteiger partial charge in [-0.2, -0.15) is 13.2 Å². The summed E-state index contributed by atoms with van der Waals surface area (Å²) in [5.41, 5.74) is 0. The first kappa shape index (κ1) is 13.8. The van der Waals surface area contributed by atoms with Crippen molar-refractivity contribution in [1.82, 2.24) is 10.4 Å².